The number of carbonyl (C=O) groups excluding carboxylic acids is 2. The van der Waals surface area contributed by atoms with Crippen LogP contribution in [0.3, 0.4) is 0 Å². The molecule has 2 aromatic carbocycles. The molecule has 9 heteroatoms. The Balaban J connectivity index is 1.72. The smallest absolute Gasteiger partial charge is 0.238 e. The van der Waals surface area contributed by atoms with Crippen molar-refractivity contribution in [3.05, 3.63) is 63.4 Å². The normalized spacial score (nSPS) is 32.3. The van der Waals surface area contributed by atoms with Crippen molar-refractivity contribution in [2.75, 3.05) is 5.32 Å². The summed E-state index contributed by atoms with van der Waals surface area (Å²) < 4.78 is 15.9. The first-order chi connectivity index (χ1) is 18.3. The van der Waals surface area contributed by atoms with Gasteiger partial charge in [-0.15, -0.1) is 0 Å². The van der Waals surface area contributed by atoms with E-state index in [0.717, 1.165) is 0 Å². The van der Waals surface area contributed by atoms with Gasteiger partial charge < -0.3 is 15.7 Å². The van der Waals surface area contributed by atoms with Gasteiger partial charge in [0.15, 0.2) is 0 Å². The molecule has 4 N–H and O–H groups in total. The van der Waals surface area contributed by atoms with Gasteiger partial charge in [0.1, 0.15) is 11.2 Å². The Morgan fingerprint density at radius 1 is 1.15 bits per heavy atom. The number of aliphatic hydroxyl groups excluding tert-OH is 1. The Bertz CT molecular complexity index is 1310. The van der Waals surface area contributed by atoms with E-state index in [2.05, 4.69) is 36.7 Å². The van der Waals surface area contributed by atoms with Crippen LogP contribution in [0.15, 0.2) is 36.4 Å². The van der Waals surface area contributed by atoms with Crippen LogP contribution < -0.4 is 16.0 Å². The molecular formula is C30H36Cl2FN3O3. The van der Waals surface area contributed by atoms with E-state index in [1.54, 1.807) is 24.3 Å². The molecule has 4 unspecified atom stereocenters. The molecule has 5 rings (SSSR count). The minimum absolute atomic E-state index is 0.0674. The predicted molar refractivity (Wildman–Crippen MR) is 152 cm³/mol. The van der Waals surface area contributed by atoms with Gasteiger partial charge in [0.05, 0.1) is 17.2 Å². The van der Waals surface area contributed by atoms with Gasteiger partial charge in [-0.05, 0) is 73.8 Å². The van der Waals surface area contributed by atoms with E-state index >= 15 is 4.39 Å². The average Bonchev–Trinajstić information content (AvgIpc) is 3.27. The maximum Gasteiger partial charge on any atom is 0.238 e. The van der Waals surface area contributed by atoms with Crippen LogP contribution in [0.5, 0.6) is 0 Å². The van der Waals surface area contributed by atoms with Gasteiger partial charge in [-0.3, -0.25) is 14.9 Å². The van der Waals surface area contributed by atoms with Crippen molar-refractivity contribution in [1.29, 1.82) is 0 Å². The van der Waals surface area contributed by atoms with Gasteiger partial charge in [-0.25, -0.2) is 4.39 Å². The summed E-state index contributed by atoms with van der Waals surface area (Å²) in [6.45, 7) is 8.21. The molecule has 3 aliphatic rings. The van der Waals surface area contributed by atoms with Gasteiger partial charge in [-0.2, -0.15) is 0 Å². The lowest BCUT2D eigenvalue weighted by atomic mass is 9.56. The number of fused-ring (bicyclic) bond motifs is 2. The number of nitrogens with one attached hydrogen (secondary N) is 3. The van der Waals surface area contributed by atoms with Crippen LogP contribution in [0.4, 0.5) is 10.1 Å². The SMILES string of the molecule is CC(C)(C)CC1(C)NC(C(=O)NC2CCC(O)CC2)C(c2cccc(Cl)c2F)C12C(=O)Nc1cc(Cl)ccc12. The third-order valence-electron chi connectivity index (χ3n) is 8.68. The molecule has 0 aromatic heterocycles. The summed E-state index contributed by atoms with van der Waals surface area (Å²) in [6, 6.07) is 8.95. The Morgan fingerprint density at radius 2 is 1.85 bits per heavy atom. The highest BCUT2D eigenvalue weighted by Crippen LogP contribution is 2.61. The summed E-state index contributed by atoms with van der Waals surface area (Å²) in [4.78, 5) is 28.4. The third-order valence-corrected chi connectivity index (χ3v) is 9.21. The van der Waals surface area contributed by atoms with Crippen molar-refractivity contribution < 1.29 is 19.1 Å². The van der Waals surface area contributed by atoms with E-state index in [0.29, 0.717) is 48.4 Å². The second-order valence-electron chi connectivity index (χ2n) is 12.8. The van der Waals surface area contributed by atoms with Crippen molar-refractivity contribution in [2.45, 2.75) is 94.9 Å². The largest absolute Gasteiger partial charge is 0.393 e. The Morgan fingerprint density at radius 3 is 2.51 bits per heavy atom. The zero-order valence-electron chi connectivity index (χ0n) is 22.7. The number of rotatable bonds is 4. The minimum Gasteiger partial charge on any atom is -0.393 e. The lowest BCUT2D eigenvalue weighted by Gasteiger charge is -2.45. The summed E-state index contributed by atoms with van der Waals surface area (Å²) >= 11 is 12.6. The number of halogens is 3. The highest BCUT2D eigenvalue weighted by Gasteiger charge is 2.71. The highest BCUT2D eigenvalue weighted by molar-refractivity contribution is 6.31. The fourth-order valence-corrected chi connectivity index (χ4v) is 7.80. The molecule has 0 bridgehead atoms. The number of hydrogen-bond acceptors (Lipinski definition) is 4. The lowest BCUT2D eigenvalue weighted by Crippen LogP contribution is -2.59. The lowest BCUT2D eigenvalue weighted by molar-refractivity contribution is -0.124. The zero-order chi connectivity index (χ0) is 28.3. The summed E-state index contributed by atoms with van der Waals surface area (Å²) in [5, 5.41) is 20.1. The molecule has 2 amide bonds. The maximum atomic E-state index is 15.9. The first-order valence-corrected chi connectivity index (χ1v) is 14.3. The fraction of sp³-hybridized carbons (Fsp3) is 0.533. The van der Waals surface area contributed by atoms with Crippen molar-refractivity contribution in [3.63, 3.8) is 0 Å². The molecule has 6 nitrogen and oxygen atoms in total. The molecule has 1 aliphatic carbocycles. The van der Waals surface area contributed by atoms with Gasteiger partial charge in [0, 0.05) is 28.2 Å². The summed E-state index contributed by atoms with van der Waals surface area (Å²) in [5.41, 5.74) is -1.08. The van der Waals surface area contributed by atoms with Crippen LogP contribution in [0.2, 0.25) is 10.0 Å². The average molecular weight is 577 g/mol. The van der Waals surface area contributed by atoms with Gasteiger partial charge in [-0.1, -0.05) is 62.2 Å². The van der Waals surface area contributed by atoms with E-state index < -0.39 is 28.7 Å². The van der Waals surface area contributed by atoms with E-state index in [-0.39, 0.29) is 40.0 Å². The second-order valence-corrected chi connectivity index (χ2v) is 13.6. The van der Waals surface area contributed by atoms with Crippen molar-refractivity contribution in [3.8, 4) is 0 Å². The molecule has 2 heterocycles. The number of benzene rings is 2. The van der Waals surface area contributed by atoms with Crippen LogP contribution >= 0.6 is 23.2 Å². The van der Waals surface area contributed by atoms with E-state index in [1.807, 2.05) is 13.0 Å². The molecule has 2 fully saturated rings. The molecule has 1 saturated carbocycles. The molecule has 2 aromatic rings. The molecule has 2 aliphatic heterocycles. The molecule has 0 radical (unpaired) electrons. The van der Waals surface area contributed by atoms with Gasteiger partial charge >= 0.3 is 0 Å². The number of amides is 2. The van der Waals surface area contributed by atoms with Crippen LogP contribution in [-0.4, -0.2) is 40.6 Å². The number of hydrogen-bond donors (Lipinski definition) is 4. The summed E-state index contributed by atoms with van der Waals surface area (Å²) in [7, 11) is 0. The van der Waals surface area contributed by atoms with Crippen molar-refractivity contribution in [2.24, 2.45) is 5.41 Å². The van der Waals surface area contributed by atoms with Crippen LogP contribution in [0.25, 0.3) is 0 Å². The number of aliphatic hydroxyl groups is 1. The van der Waals surface area contributed by atoms with Crippen LogP contribution in [0.1, 0.15) is 76.8 Å². The molecule has 39 heavy (non-hydrogen) atoms. The number of carbonyl (C=O) groups is 2. The Kier molecular flexibility index (Phi) is 7.28. The number of anilines is 1. The Hall–Kier alpha value is -2.19. The predicted octanol–water partition coefficient (Wildman–Crippen LogP) is 5.69. The van der Waals surface area contributed by atoms with Crippen molar-refractivity contribution >= 4 is 40.7 Å². The van der Waals surface area contributed by atoms with Crippen molar-refractivity contribution in [1.82, 2.24) is 10.6 Å². The summed E-state index contributed by atoms with van der Waals surface area (Å²) in [5.74, 6) is -2.15. The first kappa shape index (κ1) is 28.3. The summed E-state index contributed by atoms with van der Waals surface area (Å²) in [6.07, 6.45) is 2.69. The molecule has 1 spiro atoms. The van der Waals surface area contributed by atoms with Gasteiger partial charge in [0.2, 0.25) is 11.8 Å². The zero-order valence-corrected chi connectivity index (χ0v) is 24.2. The van der Waals surface area contributed by atoms with E-state index in [1.165, 1.54) is 6.07 Å². The third kappa shape index (κ3) is 4.75. The standard InChI is InChI=1S/C30H36Cl2FN3O3/c1-28(2,3)15-29(4)30(20-13-8-16(31)14-22(20)35-27(30)39)23(19-6-5-7-21(32)24(19)33)25(36-29)26(38)34-17-9-11-18(37)12-10-17/h5-8,13-14,17-18,23,25,36-37H,9-12,15H2,1-4H3,(H,34,38)(H,35,39). The van der Waals surface area contributed by atoms with Crippen LogP contribution in [-0.2, 0) is 15.0 Å². The molecule has 210 valence electrons. The van der Waals surface area contributed by atoms with Crippen LogP contribution in [0, 0.1) is 11.2 Å². The highest BCUT2D eigenvalue weighted by atomic mass is 35.5. The molecule has 1 saturated heterocycles. The molecule has 4 atom stereocenters. The first-order valence-electron chi connectivity index (χ1n) is 13.6. The quantitative estimate of drug-likeness (QED) is 0.377. The maximum absolute atomic E-state index is 15.9. The van der Waals surface area contributed by atoms with Gasteiger partial charge in [0.25, 0.3) is 0 Å². The van der Waals surface area contributed by atoms with E-state index in [4.69, 9.17) is 23.2 Å². The topological polar surface area (TPSA) is 90.5 Å². The van der Waals surface area contributed by atoms with E-state index in [9.17, 15) is 14.7 Å². The monoisotopic (exact) mass is 575 g/mol. The fourth-order valence-electron chi connectivity index (χ4n) is 7.45. The molecular weight excluding hydrogens is 540 g/mol. The Labute approximate surface area is 239 Å². The minimum atomic E-state index is -1.34. The second kappa shape index (κ2) is 10.0.